The number of carbonyl (C=O) groups is 1. The first-order valence-electron chi connectivity index (χ1n) is 7.57. The van der Waals surface area contributed by atoms with Gasteiger partial charge in [0.2, 0.25) is 0 Å². The van der Waals surface area contributed by atoms with Crippen LogP contribution in [-0.4, -0.2) is 11.1 Å². The van der Waals surface area contributed by atoms with Crippen molar-refractivity contribution in [3.8, 4) is 0 Å². The molecule has 2 atom stereocenters. The highest BCUT2D eigenvalue weighted by atomic mass is 16.4. The van der Waals surface area contributed by atoms with Gasteiger partial charge >= 0.3 is 5.97 Å². The molecule has 1 aliphatic rings. The molecule has 1 saturated carbocycles. The number of carboxylic acids is 1. The SMILES string of the molecule is Cc1ccc(C)c(CC2CC(C)(C)CCC2C(=O)O)c1. The van der Waals surface area contributed by atoms with Crippen molar-refractivity contribution in [2.75, 3.05) is 0 Å². The van der Waals surface area contributed by atoms with E-state index in [0.29, 0.717) is 0 Å². The van der Waals surface area contributed by atoms with Gasteiger partial charge in [0.1, 0.15) is 0 Å². The second-order valence-corrected chi connectivity index (χ2v) is 7.25. The summed E-state index contributed by atoms with van der Waals surface area (Å²) in [5.74, 6) is -0.532. The standard InChI is InChI=1S/C18H26O2/c1-12-5-6-13(2)14(9-12)10-15-11-18(3,4)8-7-16(15)17(19)20/h5-6,9,15-16H,7-8,10-11H2,1-4H3,(H,19,20). The summed E-state index contributed by atoms with van der Waals surface area (Å²) in [6, 6.07) is 6.49. The maximum Gasteiger partial charge on any atom is 0.306 e. The predicted octanol–water partition coefficient (Wildman–Crippen LogP) is 4.37. The van der Waals surface area contributed by atoms with Gasteiger partial charge in [-0.05, 0) is 62.0 Å². The van der Waals surface area contributed by atoms with E-state index in [0.717, 1.165) is 25.7 Å². The van der Waals surface area contributed by atoms with Crippen molar-refractivity contribution in [1.29, 1.82) is 0 Å². The lowest BCUT2D eigenvalue weighted by molar-refractivity contribution is -0.146. The second-order valence-electron chi connectivity index (χ2n) is 7.25. The lowest BCUT2D eigenvalue weighted by atomic mass is 9.65. The lowest BCUT2D eigenvalue weighted by Crippen LogP contribution is -2.35. The van der Waals surface area contributed by atoms with E-state index in [9.17, 15) is 9.90 Å². The van der Waals surface area contributed by atoms with Crippen LogP contribution in [-0.2, 0) is 11.2 Å². The van der Waals surface area contributed by atoms with Crippen molar-refractivity contribution >= 4 is 5.97 Å². The van der Waals surface area contributed by atoms with Crippen molar-refractivity contribution in [3.05, 3.63) is 34.9 Å². The van der Waals surface area contributed by atoms with Crippen molar-refractivity contribution in [2.45, 2.75) is 53.4 Å². The Labute approximate surface area is 122 Å². The third-order valence-electron chi connectivity index (χ3n) is 4.82. The maximum absolute atomic E-state index is 11.5. The van der Waals surface area contributed by atoms with E-state index in [1.54, 1.807) is 0 Å². The zero-order chi connectivity index (χ0) is 14.9. The fraction of sp³-hybridized carbons (Fsp3) is 0.611. The number of benzene rings is 1. The van der Waals surface area contributed by atoms with E-state index in [4.69, 9.17) is 0 Å². The van der Waals surface area contributed by atoms with Gasteiger partial charge in [-0.2, -0.15) is 0 Å². The minimum absolute atomic E-state index is 0.178. The molecule has 0 aliphatic heterocycles. The van der Waals surface area contributed by atoms with Crippen LogP contribution in [0.1, 0.15) is 49.8 Å². The number of hydrogen-bond acceptors (Lipinski definition) is 1. The summed E-state index contributed by atoms with van der Waals surface area (Å²) in [7, 11) is 0. The van der Waals surface area contributed by atoms with Gasteiger partial charge in [0.25, 0.3) is 0 Å². The highest BCUT2D eigenvalue weighted by molar-refractivity contribution is 5.70. The van der Waals surface area contributed by atoms with Gasteiger partial charge in [-0.1, -0.05) is 37.6 Å². The van der Waals surface area contributed by atoms with Crippen molar-refractivity contribution in [3.63, 3.8) is 0 Å². The summed E-state index contributed by atoms with van der Waals surface area (Å²) in [5.41, 5.74) is 4.13. The molecular weight excluding hydrogens is 248 g/mol. The van der Waals surface area contributed by atoms with Crippen LogP contribution in [0.5, 0.6) is 0 Å². The fourth-order valence-electron chi connectivity index (χ4n) is 3.58. The summed E-state index contributed by atoms with van der Waals surface area (Å²) in [5, 5.41) is 9.48. The van der Waals surface area contributed by atoms with Crippen LogP contribution in [0.15, 0.2) is 18.2 Å². The Bertz CT molecular complexity index is 502. The van der Waals surface area contributed by atoms with E-state index in [1.165, 1.54) is 16.7 Å². The molecule has 2 heteroatoms. The Morgan fingerprint density at radius 3 is 2.70 bits per heavy atom. The molecule has 2 rings (SSSR count). The number of carboxylic acid groups (broad SMARTS) is 1. The first-order chi connectivity index (χ1) is 9.28. The third kappa shape index (κ3) is 3.41. The molecule has 2 unspecified atom stereocenters. The van der Waals surface area contributed by atoms with Crippen LogP contribution in [0.25, 0.3) is 0 Å². The molecule has 0 heterocycles. The average molecular weight is 274 g/mol. The molecule has 1 aromatic rings. The Kier molecular flexibility index (Phi) is 4.22. The number of rotatable bonds is 3. The maximum atomic E-state index is 11.5. The highest BCUT2D eigenvalue weighted by Gasteiger charge is 2.38. The summed E-state index contributed by atoms with van der Waals surface area (Å²) in [6.07, 6.45) is 3.75. The van der Waals surface area contributed by atoms with Crippen LogP contribution in [0, 0.1) is 31.1 Å². The topological polar surface area (TPSA) is 37.3 Å². The minimum Gasteiger partial charge on any atom is -0.481 e. The number of aliphatic carboxylic acids is 1. The van der Waals surface area contributed by atoms with Gasteiger partial charge in [-0.3, -0.25) is 4.79 Å². The number of hydrogen-bond donors (Lipinski definition) is 1. The van der Waals surface area contributed by atoms with Gasteiger partial charge in [-0.25, -0.2) is 0 Å². The molecule has 110 valence electrons. The molecule has 1 N–H and O–H groups in total. The minimum atomic E-state index is -0.615. The molecule has 1 aromatic carbocycles. The summed E-state index contributed by atoms with van der Waals surface area (Å²) >= 11 is 0. The molecule has 0 bridgehead atoms. The Hall–Kier alpha value is -1.31. The van der Waals surface area contributed by atoms with Crippen LogP contribution in [0.3, 0.4) is 0 Å². The van der Waals surface area contributed by atoms with E-state index in [2.05, 4.69) is 45.9 Å². The van der Waals surface area contributed by atoms with Crippen LogP contribution in [0.2, 0.25) is 0 Å². The van der Waals surface area contributed by atoms with E-state index in [-0.39, 0.29) is 17.3 Å². The van der Waals surface area contributed by atoms with Crippen molar-refractivity contribution < 1.29 is 9.90 Å². The molecule has 0 radical (unpaired) electrons. The van der Waals surface area contributed by atoms with E-state index < -0.39 is 5.97 Å². The molecule has 2 nitrogen and oxygen atoms in total. The zero-order valence-corrected chi connectivity index (χ0v) is 13.1. The molecule has 0 spiro atoms. The molecule has 1 fully saturated rings. The van der Waals surface area contributed by atoms with Gasteiger partial charge in [0, 0.05) is 0 Å². The monoisotopic (exact) mass is 274 g/mol. The molecule has 0 amide bonds. The smallest absolute Gasteiger partial charge is 0.306 e. The van der Waals surface area contributed by atoms with Gasteiger partial charge in [-0.15, -0.1) is 0 Å². The highest BCUT2D eigenvalue weighted by Crippen LogP contribution is 2.43. The quantitative estimate of drug-likeness (QED) is 0.888. The Balaban J connectivity index is 2.23. The summed E-state index contributed by atoms with van der Waals surface area (Å²) < 4.78 is 0. The van der Waals surface area contributed by atoms with Crippen LogP contribution < -0.4 is 0 Å². The second kappa shape index (κ2) is 5.59. The summed E-state index contributed by atoms with van der Waals surface area (Å²) in [4.78, 5) is 11.5. The van der Waals surface area contributed by atoms with Crippen molar-refractivity contribution in [2.24, 2.45) is 17.3 Å². The largest absolute Gasteiger partial charge is 0.481 e. The lowest BCUT2D eigenvalue weighted by Gasteiger charge is -2.39. The average Bonchev–Trinajstić information content (AvgIpc) is 2.32. The molecular formula is C18H26O2. The first kappa shape index (κ1) is 15.1. The fourth-order valence-corrected chi connectivity index (χ4v) is 3.58. The third-order valence-corrected chi connectivity index (χ3v) is 4.82. The van der Waals surface area contributed by atoms with Gasteiger partial charge in [0.05, 0.1) is 5.92 Å². The summed E-state index contributed by atoms with van der Waals surface area (Å²) in [6.45, 7) is 8.75. The Morgan fingerprint density at radius 2 is 2.05 bits per heavy atom. The zero-order valence-electron chi connectivity index (χ0n) is 13.1. The van der Waals surface area contributed by atoms with Crippen LogP contribution >= 0.6 is 0 Å². The van der Waals surface area contributed by atoms with Gasteiger partial charge in [0.15, 0.2) is 0 Å². The number of aryl methyl sites for hydroxylation is 2. The van der Waals surface area contributed by atoms with Crippen molar-refractivity contribution in [1.82, 2.24) is 0 Å². The Morgan fingerprint density at radius 1 is 1.35 bits per heavy atom. The molecule has 0 aromatic heterocycles. The van der Waals surface area contributed by atoms with Gasteiger partial charge < -0.3 is 5.11 Å². The van der Waals surface area contributed by atoms with E-state index >= 15 is 0 Å². The molecule has 0 saturated heterocycles. The van der Waals surface area contributed by atoms with Crippen LogP contribution in [0.4, 0.5) is 0 Å². The first-order valence-corrected chi connectivity index (χ1v) is 7.57. The normalized spacial score (nSPS) is 25.4. The molecule has 1 aliphatic carbocycles. The molecule has 20 heavy (non-hydrogen) atoms. The van der Waals surface area contributed by atoms with E-state index in [1.807, 2.05) is 0 Å². The predicted molar refractivity (Wildman–Crippen MR) is 81.9 cm³/mol.